The third-order valence-corrected chi connectivity index (χ3v) is 4.61. The van der Waals surface area contributed by atoms with E-state index in [-0.39, 0.29) is 17.7 Å². The van der Waals surface area contributed by atoms with Crippen molar-refractivity contribution in [2.24, 2.45) is 0 Å². The number of carbonyl (C=O) groups excluding carboxylic acids is 1. The topological polar surface area (TPSA) is 48.1 Å². The van der Waals surface area contributed by atoms with E-state index in [0.29, 0.717) is 19.6 Å². The summed E-state index contributed by atoms with van der Waals surface area (Å²) in [4.78, 5) is 12.1. The van der Waals surface area contributed by atoms with E-state index in [2.05, 4.69) is 12.1 Å². The summed E-state index contributed by atoms with van der Waals surface area (Å²) in [5, 5.41) is 0. The van der Waals surface area contributed by atoms with Crippen LogP contribution >= 0.6 is 0 Å². The lowest BCUT2D eigenvalue weighted by Gasteiger charge is -2.35. The molecule has 2 fully saturated rings. The average Bonchev–Trinajstić information content (AvgIpc) is 3.16. The number of hydrogen-bond acceptors (Lipinski definition) is 4. The molecule has 1 aromatic carbocycles. The summed E-state index contributed by atoms with van der Waals surface area (Å²) in [5.74, 6) is -0.214. The van der Waals surface area contributed by atoms with Gasteiger partial charge in [-0.3, -0.25) is 0 Å². The van der Waals surface area contributed by atoms with Gasteiger partial charge in [-0.15, -0.1) is 0 Å². The molecule has 1 saturated carbocycles. The van der Waals surface area contributed by atoms with Crippen LogP contribution in [0.2, 0.25) is 0 Å². The Morgan fingerprint density at radius 1 is 1.29 bits per heavy atom. The summed E-state index contributed by atoms with van der Waals surface area (Å²) in [5.41, 5.74) is 0.132. The molecule has 0 aromatic heterocycles. The maximum Gasteiger partial charge on any atom is 0.341 e. The Bertz CT molecular complexity index is 507. The van der Waals surface area contributed by atoms with Gasteiger partial charge >= 0.3 is 5.97 Å². The fourth-order valence-corrected chi connectivity index (χ4v) is 3.32. The van der Waals surface area contributed by atoms with Crippen molar-refractivity contribution in [1.29, 1.82) is 0 Å². The Balaban J connectivity index is 1.51. The maximum atomic E-state index is 12.1. The van der Waals surface area contributed by atoms with Crippen molar-refractivity contribution in [1.82, 2.24) is 0 Å². The smallest absolute Gasteiger partial charge is 0.341 e. The number of esters is 1. The number of rotatable bonds is 6. The van der Waals surface area contributed by atoms with Crippen molar-refractivity contribution in [3.8, 4) is 0 Å². The van der Waals surface area contributed by atoms with Gasteiger partial charge in [0.15, 0.2) is 5.60 Å². The van der Waals surface area contributed by atoms with Gasteiger partial charge in [0.1, 0.15) is 5.60 Å². The van der Waals surface area contributed by atoms with E-state index < -0.39 is 5.60 Å². The highest BCUT2D eigenvalue weighted by Crippen LogP contribution is 2.63. The van der Waals surface area contributed by atoms with Crippen LogP contribution in [0.25, 0.3) is 0 Å². The Morgan fingerprint density at radius 2 is 2.00 bits per heavy atom. The van der Waals surface area contributed by atoms with Crippen LogP contribution in [-0.4, -0.2) is 29.9 Å². The van der Waals surface area contributed by atoms with Crippen molar-refractivity contribution in [2.45, 2.75) is 57.0 Å². The van der Waals surface area contributed by atoms with E-state index in [1.807, 2.05) is 32.0 Å². The average molecular weight is 290 g/mol. The molecule has 1 aliphatic carbocycles. The maximum absolute atomic E-state index is 12.1. The quantitative estimate of drug-likeness (QED) is 0.597. The highest BCUT2D eigenvalue weighted by atomic mass is 16.7. The molecule has 1 aliphatic heterocycles. The molecule has 0 radical (unpaired) electrons. The lowest BCUT2D eigenvalue weighted by Crippen LogP contribution is -2.47. The Hall–Kier alpha value is -1.39. The molecule has 1 saturated heterocycles. The zero-order valence-electron chi connectivity index (χ0n) is 12.6. The minimum atomic E-state index is -0.713. The first-order valence-corrected chi connectivity index (χ1v) is 7.69. The second kappa shape index (κ2) is 5.43. The van der Waals surface area contributed by atoms with Crippen LogP contribution in [0.4, 0.5) is 0 Å². The van der Waals surface area contributed by atoms with Gasteiger partial charge in [-0.2, -0.15) is 0 Å². The van der Waals surface area contributed by atoms with E-state index in [1.165, 1.54) is 5.56 Å². The second-order valence-corrected chi connectivity index (χ2v) is 5.82. The van der Waals surface area contributed by atoms with Gasteiger partial charge in [0.05, 0.1) is 19.3 Å². The van der Waals surface area contributed by atoms with Gasteiger partial charge in [0.25, 0.3) is 0 Å². The van der Waals surface area contributed by atoms with Crippen molar-refractivity contribution < 1.29 is 19.0 Å². The largest absolute Gasteiger partial charge is 0.464 e. The number of hydrogen-bond donors (Lipinski definition) is 0. The molecule has 1 spiro atoms. The molecular weight excluding hydrogens is 268 g/mol. The lowest BCUT2D eigenvalue weighted by atomic mass is 9.72. The molecule has 1 unspecified atom stereocenters. The van der Waals surface area contributed by atoms with Crippen LogP contribution in [0, 0.1) is 0 Å². The predicted molar refractivity (Wildman–Crippen MR) is 77.7 cm³/mol. The molecular formula is C17H22O4. The molecule has 1 atom stereocenters. The van der Waals surface area contributed by atoms with Gasteiger partial charge < -0.3 is 14.2 Å². The Morgan fingerprint density at radius 3 is 2.62 bits per heavy atom. The fourth-order valence-electron chi connectivity index (χ4n) is 3.32. The van der Waals surface area contributed by atoms with E-state index in [0.717, 1.165) is 12.8 Å². The zero-order valence-corrected chi connectivity index (χ0v) is 12.6. The summed E-state index contributed by atoms with van der Waals surface area (Å²) < 4.78 is 16.9. The highest BCUT2D eigenvalue weighted by Gasteiger charge is 2.79. The second-order valence-electron chi connectivity index (χ2n) is 5.82. The molecule has 21 heavy (non-hydrogen) atoms. The molecule has 114 valence electrons. The van der Waals surface area contributed by atoms with Gasteiger partial charge in [-0.1, -0.05) is 37.3 Å². The van der Waals surface area contributed by atoms with E-state index in [1.54, 1.807) is 0 Å². The number of carbonyl (C=O) groups is 1. The zero-order chi connectivity index (χ0) is 14.9. The van der Waals surface area contributed by atoms with Gasteiger partial charge in [0, 0.05) is 12.8 Å². The van der Waals surface area contributed by atoms with Crippen molar-refractivity contribution in [3.05, 3.63) is 35.9 Å². The van der Waals surface area contributed by atoms with Gasteiger partial charge in [-0.25, -0.2) is 4.79 Å². The standard InChI is InChI=1S/C17H22O4/c1-3-17(15(18)19-4-2)16(21-17)10-14(11-16)20-12-13-8-6-5-7-9-13/h5-9,14H,3-4,10-12H2,1-2H3. The first-order valence-electron chi connectivity index (χ1n) is 7.69. The molecule has 4 heteroatoms. The highest BCUT2D eigenvalue weighted by molar-refractivity contribution is 5.85. The minimum Gasteiger partial charge on any atom is -0.464 e. The van der Waals surface area contributed by atoms with E-state index in [9.17, 15) is 4.79 Å². The molecule has 1 heterocycles. The summed E-state index contributed by atoms with van der Waals surface area (Å²) >= 11 is 0. The van der Waals surface area contributed by atoms with Crippen molar-refractivity contribution in [3.63, 3.8) is 0 Å². The van der Waals surface area contributed by atoms with Crippen molar-refractivity contribution >= 4 is 5.97 Å². The molecule has 3 rings (SSSR count). The summed E-state index contributed by atoms with van der Waals surface area (Å²) in [7, 11) is 0. The van der Waals surface area contributed by atoms with E-state index in [4.69, 9.17) is 14.2 Å². The van der Waals surface area contributed by atoms with Crippen molar-refractivity contribution in [2.75, 3.05) is 6.61 Å². The molecule has 0 bridgehead atoms. The first kappa shape index (κ1) is 14.5. The number of ether oxygens (including phenoxy) is 3. The normalized spacial score (nSPS) is 33.5. The summed E-state index contributed by atoms with van der Waals surface area (Å²) in [6.07, 6.45) is 2.41. The molecule has 1 aromatic rings. The molecule has 0 N–H and O–H groups in total. The fraction of sp³-hybridized carbons (Fsp3) is 0.588. The Kier molecular flexibility index (Phi) is 3.76. The third kappa shape index (κ3) is 2.36. The SMILES string of the molecule is CCOC(=O)C1(CC)OC12CC(OCc1ccccc1)C2. The lowest BCUT2D eigenvalue weighted by molar-refractivity contribution is -0.150. The monoisotopic (exact) mass is 290 g/mol. The third-order valence-electron chi connectivity index (χ3n) is 4.61. The molecule has 2 aliphatic rings. The number of benzene rings is 1. The van der Waals surface area contributed by atoms with Crippen LogP contribution in [0.5, 0.6) is 0 Å². The predicted octanol–water partition coefficient (Wildman–Crippen LogP) is 2.85. The van der Waals surface area contributed by atoms with Crippen LogP contribution < -0.4 is 0 Å². The number of epoxide rings is 1. The Labute approximate surface area is 125 Å². The van der Waals surface area contributed by atoms with Crippen LogP contribution in [0.15, 0.2) is 30.3 Å². The van der Waals surface area contributed by atoms with Gasteiger partial charge in [0.2, 0.25) is 0 Å². The first-order chi connectivity index (χ1) is 10.2. The minimum absolute atomic E-state index is 0.174. The molecule has 4 nitrogen and oxygen atoms in total. The van der Waals surface area contributed by atoms with Crippen LogP contribution in [0.3, 0.4) is 0 Å². The van der Waals surface area contributed by atoms with Crippen LogP contribution in [-0.2, 0) is 25.6 Å². The van der Waals surface area contributed by atoms with Gasteiger partial charge in [-0.05, 0) is 18.9 Å². The van der Waals surface area contributed by atoms with Crippen LogP contribution in [0.1, 0.15) is 38.7 Å². The van der Waals surface area contributed by atoms with E-state index >= 15 is 0 Å². The molecule has 0 amide bonds. The summed E-state index contributed by atoms with van der Waals surface area (Å²) in [6, 6.07) is 10.1. The summed E-state index contributed by atoms with van der Waals surface area (Å²) in [6.45, 7) is 4.81.